The van der Waals surface area contributed by atoms with E-state index in [1.807, 2.05) is 0 Å². The maximum atomic E-state index is 11.6. The molecular formula is C32H56O3. The van der Waals surface area contributed by atoms with Crippen LogP contribution in [0.15, 0.2) is 12.2 Å². The molecule has 0 spiro atoms. The molecule has 0 aliphatic heterocycles. The average Bonchev–Trinajstić information content (AvgIpc) is 2.91. The van der Waals surface area contributed by atoms with Gasteiger partial charge in [-0.3, -0.25) is 0 Å². The van der Waals surface area contributed by atoms with Crippen molar-refractivity contribution in [3.8, 4) is 0 Å². The van der Waals surface area contributed by atoms with E-state index in [2.05, 4.69) is 13.5 Å². The summed E-state index contributed by atoms with van der Waals surface area (Å²) in [7, 11) is 0. The fourth-order valence-electron chi connectivity index (χ4n) is 7.56. The molecule has 3 heteroatoms. The van der Waals surface area contributed by atoms with Crippen LogP contribution >= 0.6 is 0 Å². The molecule has 3 fully saturated rings. The third-order valence-electron chi connectivity index (χ3n) is 10.1. The van der Waals surface area contributed by atoms with Gasteiger partial charge in [0.2, 0.25) is 0 Å². The first kappa shape index (κ1) is 28.7. The standard InChI is InChI=1S/C32H56O3/c1-3-4-5-7-26-9-11-28(12-10-26)13-14-29-17-21-31(22-18-29)30-19-15-27(16-20-30)8-6-23-35-32(34)25(2)24-33/h26-31,33H,2-24H2,1H3. The van der Waals surface area contributed by atoms with Gasteiger partial charge in [-0.1, -0.05) is 103 Å². The van der Waals surface area contributed by atoms with Gasteiger partial charge in [-0.05, 0) is 74.0 Å². The normalized spacial score (nSPS) is 31.7. The summed E-state index contributed by atoms with van der Waals surface area (Å²) in [6, 6.07) is 0. The van der Waals surface area contributed by atoms with Crippen LogP contribution in [0.4, 0.5) is 0 Å². The molecule has 202 valence electrons. The smallest absolute Gasteiger partial charge is 0.335 e. The van der Waals surface area contributed by atoms with Crippen LogP contribution in [-0.4, -0.2) is 24.3 Å². The molecule has 0 aromatic rings. The molecule has 0 heterocycles. The second-order valence-electron chi connectivity index (χ2n) is 12.6. The lowest BCUT2D eigenvalue weighted by atomic mass is 9.68. The van der Waals surface area contributed by atoms with Crippen LogP contribution in [0, 0.1) is 35.5 Å². The van der Waals surface area contributed by atoms with Gasteiger partial charge in [-0.25, -0.2) is 4.79 Å². The van der Waals surface area contributed by atoms with E-state index in [4.69, 9.17) is 9.84 Å². The zero-order valence-electron chi connectivity index (χ0n) is 23.0. The Morgan fingerprint density at radius 2 is 1.11 bits per heavy atom. The largest absolute Gasteiger partial charge is 0.462 e. The summed E-state index contributed by atoms with van der Waals surface area (Å²) in [5, 5.41) is 8.93. The highest BCUT2D eigenvalue weighted by atomic mass is 16.5. The molecule has 0 radical (unpaired) electrons. The Morgan fingerprint density at radius 3 is 1.57 bits per heavy atom. The van der Waals surface area contributed by atoms with Gasteiger partial charge < -0.3 is 9.84 Å². The topological polar surface area (TPSA) is 46.5 Å². The molecular weight excluding hydrogens is 432 g/mol. The summed E-state index contributed by atoms with van der Waals surface area (Å²) in [5.41, 5.74) is 0.153. The number of rotatable bonds is 14. The molecule has 0 unspecified atom stereocenters. The molecule has 3 saturated carbocycles. The minimum Gasteiger partial charge on any atom is -0.462 e. The number of esters is 1. The Labute approximate surface area is 216 Å². The third-order valence-corrected chi connectivity index (χ3v) is 10.1. The molecule has 0 amide bonds. The molecule has 35 heavy (non-hydrogen) atoms. The Hall–Kier alpha value is -0.830. The van der Waals surface area contributed by atoms with Crippen LogP contribution in [0.2, 0.25) is 0 Å². The summed E-state index contributed by atoms with van der Waals surface area (Å²) in [6.45, 7) is 5.99. The Bertz CT molecular complexity index is 590. The van der Waals surface area contributed by atoms with Gasteiger partial charge in [-0.15, -0.1) is 0 Å². The Morgan fingerprint density at radius 1 is 0.686 bits per heavy atom. The van der Waals surface area contributed by atoms with Gasteiger partial charge >= 0.3 is 5.97 Å². The second kappa shape index (κ2) is 16.1. The van der Waals surface area contributed by atoms with Gasteiger partial charge in [0, 0.05) is 0 Å². The van der Waals surface area contributed by atoms with Crippen molar-refractivity contribution in [2.24, 2.45) is 35.5 Å². The SMILES string of the molecule is C=C(CO)C(=O)OCCCC1CCC(C2CCC(CCC3CCC(CCCCC)CC3)CC2)CC1. The van der Waals surface area contributed by atoms with Crippen molar-refractivity contribution in [3.63, 3.8) is 0 Å². The van der Waals surface area contributed by atoms with E-state index in [0.29, 0.717) is 6.61 Å². The van der Waals surface area contributed by atoms with E-state index in [-0.39, 0.29) is 12.2 Å². The Kier molecular flexibility index (Phi) is 13.2. The van der Waals surface area contributed by atoms with Crippen LogP contribution < -0.4 is 0 Å². The van der Waals surface area contributed by atoms with Crippen LogP contribution in [0.1, 0.15) is 135 Å². The van der Waals surface area contributed by atoms with Crippen molar-refractivity contribution in [1.29, 1.82) is 0 Å². The highest BCUT2D eigenvalue weighted by molar-refractivity contribution is 5.87. The quantitative estimate of drug-likeness (QED) is 0.151. The van der Waals surface area contributed by atoms with Crippen LogP contribution in [0.5, 0.6) is 0 Å². The average molecular weight is 489 g/mol. The van der Waals surface area contributed by atoms with Gasteiger partial charge in [0.25, 0.3) is 0 Å². The zero-order chi connectivity index (χ0) is 24.9. The number of carbonyl (C=O) groups is 1. The van der Waals surface area contributed by atoms with E-state index < -0.39 is 5.97 Å². The highest BCUT2D eigenvalue weighted by Gasteiger charge is 2.31. The van der Waals surface area contributed by atoms with E-state index in [0.717, 1.165) is 41.9 Å². The van der Waals surface area contributed by atoms with Crippen molar-refractivity contribution in [1.82, 2.24) is 0 Å². The van der Waals surface area contributed by atoms with E-state index >= 15 is 0 Å². The summed E-state index contributed by atoms with van der Waals surface area (Å²) in [4.78, 5) is 11.6. The fraction of sp³-hybridized carbons (Fsp3) is 0.906. The minimum absolute atomic E-state index is 0.153. The van der Waals surface area contributed by atoms with Crippen molar-refractivity contribution in [3.05, 3.63) is 12.2 Å². The summed E-state index contributed by atoms with van der Waals surface area (Å²) in [6.07, 6.45) is 28.6. The molecule has 0 saturated heterocycles. The number of carbonyl (C=O) groups excluding carboxylic acids is 1. The number of ether oxygens (including phenoxy) is 1. The van der Waals surface area contributed by atoms with Gasteiger partial charge in [0.15, 0.2) is 0 Å². The summed E-state index contributed by atoms with van der Waals surface area (Å²) in [5.74, 6) is 5.45. The van der Waals surface area contributed by atoms with E-state index in [1.165, 1.54) is 122 Å². The van der Waals surface area contributed by atoms with Crippen molar-refractivity contribution in [2.45, 2.75) is 135 Å². The molecule has 3 rings (SSSR count). The second-order valence-corrected chi connectivity index (χ2v) is 12.6. The molecule has 0 aromatic carbocycles. The van der Waals surface area contributed by atoms with Crippen LogP contribution in [-0.2, 0) is 9.53 Å². The van der Waals surface area contributed by atoms with Crippen molar-refractivity contribution in [2.75, 3.05) is 13.2 Å². The number of hydrogen-bond donors (Lipinski definition) is 1. The zero-order valence-corrected chi connectivity index (χ0v) is 23.0. The molecule has 3 nitrogen and oxygen atoms in total. The molecule has 0 bridgehead atoms. The Balaban J connectivity index is 1.20. The summed E-state index contributed by atoms with van der Waals surface area (Å²) < 4.78 is 5.19. The monoisotopic (exact) mass is 488 g/mol. The first-order valence-corrected chi connectivity index (χ1v) is 15.5. The highest BCUT2D eigenvalue weighted by Crippen LogP contribution is 2.44. The van der Waals surface area contributed by atoms with Crippen molar-refractivity contribution < 1.29 is 14.6 Å². The van der Waals surface area contributed by atoms with Gasteiger partial charge in [0.1, 0.15) is 0 Å². The van der Waals surface area contributed by atoms with E-state index in [1.54, 1.807) is 0 Å². The van der Waals surface area contributed by atoms with Gasteiger partial charge in [-0.2, -0.15) is 0 Å². The van der Waals surface area contributed by atoms with Crippen molar-refractivity contribution >= 4 is 5.97 Å². The predicted octanol–water partition coefficient (Wildman–Crippen LogP) is 8.64. The maximum Gasteiger partial charge on any atom is 0.335 e. The first-order chi connectivity index (χ1) is 17.1. The lowest BCUT2D eigenvalue weighted by Crippen LogP contribution is -2.26. The first-order valence-electron chi connectivity index (χ1n) is 15.5. The molecule has 0 atom stereocenters. The number of aliphatic hydroxyl groups is 1. The third kappa shape index (κ3) is 10.2. The molecule has 3 aliphatic rings. The van der Waals surface area contributed by atoms with Gasteiger partial charge in [0.05, 0.1) is 18.8 Å². The molecule has 1 N–H and O–H groups in total. The minimum atomic E-state index is -0.447. The summed E-state index contributed by atoms with van der Waals surface area (Å²) >= 11 is 0. The van der Waals surface area contributed by atoms with Crippen LogP contribution in [0.3, 0.4) is 0 Å². The molecule has 3 aliphatic carbocycles. The number of aliphatic hydroxyl groups excluding tert-OH is 1. The lowest BCUT2D eigenvalue weighted by molar-refractivity contribution is -0.139. The number of hydrogen-bond acceptors (Lipinski definition) is 3. The maximum absolute atomic E-state index is 11.6. The van der Waals surface area contributed by atoms with Crippen LogP contribution in [0.25, 0.3) is 0 Å². The molecule has 0 aromatic heterocycles. The number of unbranched alkanes of at least 4 members (excludes halogenated alkanes) is 2. The fourth-order valence-corrected chi connectivity index (χ4v) is 7.56. The lowest BCUT2D eigenvalue weighted by Gasteiger charge is -2.38. The predicted molar refractivity (Wildman–Crippen MR) is 146 cm³/mol. The van der Waals surface area contributed by atoms with E-state index in [9.17, 15) is 4.79 Å².